The van der Waals surface area contributed by atoms with Crippen LogP contribution in [-0.4, -0.2) is 33.7 Å². The molecular weight excluding hydrogens is 241 g/mol. The molecule has 1 aromatic heterocycles. The molecule has 0 aromatic carbocycles. The molecule has 0 aliphatic carbocycles. The number of nitrogens with one attached hydrogen (secondary N) is 2. The van der Waals surface area contributed by atoms with Gasteiger partial charge in [0.15, 0.2) is 5.13 Å². The highest BCUT2D eigenvalue weighted by Crippen LogP contribution is 2.11. The number of anilines is 1. The van der Waals surface area contributed by atoms with Gasteiger partial charge in [0.2, 0.25) is 0 Å². The summed E-state index contributed by atoms with van der Waals surface area (Å²) in [5.74, 6) is 0. The fourth-order valence-corrected chi connectivity index (χ4v) is 1.67. The molecule has 0 radical (unpaired) electrons. The van der Waals surface area contributed by atoms with E-state index in [-0.39, 0.29) is 16.3 Å². The Hall–Kier alpha value is -1.12. The predicted octanol–water partition coefficient (Wildman–Crippen LogP) is 0.133. The number of carbonyl (C=O) groups is 1. The molecule has 0 bridgehead atoms. The minimum absolute atomic E-state index is 0.287. The van der Waals surface area contributed by atoms with Crippen molar-refractivity contribution in [3.05, 3.63) is 6.20 Å². The molecule has 8 heteroatoms. The number of aromatic nitrogens is 1. The largest absolute Gasteiger partial charge is 0.500 e. The van der Waals surface area contributed by atoms with E-state index in [0.717, 1.165) is 17.8 Å². The number of hydrogen-bond acceptors (Lipinski definition) is 5. The lowest BCUT2D eigenvalue weighted by atomic mass is 9.91. The Balaban J connectivity index is 2.56. The van der Waals surface area contributed by atoms with Crippen molar-refractivity contribution in [2.75, 3.05) is 5.32 Å². The first-order valence-electron chi connectivity index (χ1n) is 5.25. The van der Waals surface area contributed by atoms with Gasteiger partial charge in [-0.05, 0) is 20.3 Å². The van der Waals surface area contributed by atoms with Crippen LogP contribution in [0.3, 0.4) is 0 Å². The molecule has 1 aromatic rings. The van der Waals surface area contributed by atoms with E-state index in [1.54, 1.807) is 0 Å². The Kier molecular flexibility index (Phi) is 4.50. The van der Waals surface area contributed by atoms with Crippen LogP contribution in [0.4, 0.5) is 9.93 Å². The molecule has 6 nitrogen and oxygen atoms in total. The first-order chi connectivity index (χ1) is 7.84. The Morgan fingerprint density at radius 2 is 2.24 bits per heavy atom. The molecule has 4 N–H and O–H groups in total. The van der Waals surface area contributed by atoms with Crippen LogP contribution in [-0.2, 0) is 0 Å². The second kappa shape index (κ2) is 5.48. The van der Waals surface area contributed by atoms with E-state index in [0.29, 0.717) is 5.13 Å². The SMILES string of the molecule is CCC(C)(C)NC(=O)Nc1ncc(B(O)O)s1. The zero-order chi connectivity index (χ0) is 13.1. The highest BCUT2D eigenvalue weighted by molar-refractivity contribution is 7.25. The van der Waals surface area contributed by atoms with Crippen molar-refractivity contribution in [2.45, 2.75) is 32.7 Å². The van der Waals surface area contributed by atoms with Crippen LogP contribution < -0.4 is 15.4 Å². The Morgan fingerprint density at radius 3 is 2.71 bits per heavy atom. The summed E-state index contributed by atoms with van der Waals surface area (Å²) in [6, 6.07) is -0.356. The second-order valence-corrected chi connectivity index (χ2v) is 5.32. The summed E-state index contributed by atoms with van der Waals surface area (Å²) in [5.41, 5.74) is -0.291. The molecule has 0 spiro atoms. The van der Waals surface area contributed by atoms with Crippen LogP contribution in [0.15, 0.2) is 6.20 Å². The summed E-state index contributed by atoms with van der Waals surface area (Å²) in [7, 11) is -1.56. The molecule has 0 saturated carbocycles. The van der Waals surface area contributed by atoms with Gasteiger partial charge in [-0.1, -0.05) is 6.92 Å². The average Bonchev–Trinajstić information content (AvgIpc) is 2.65. The molecule has 0 aliphatic rings. The standard InChI is InChI=1S/C9H16BN3O3S/c1-4-9(2,3)13-7(14)12-8-11-5-6(17-8)10(15)16/h5,15-16H,4H2,1-3H3,(H2,11,12,13,14). The number of nitrogens with zero attached hydrogens (tertiary/aromatic N) is 1. The van der Waals surface area contributed by atoms with Gasteiger partial charge in [0.25, 0.3) is 0 Å². The molecule has 94 valence electrons. The van der Waals surface area contributed by atoms with E-state index in [1.807, 2.05) is 20.8 Å². The normalized spacial score (nSPS) is 11.1. The Labute approximate surface area is 104 Å². The van der Waals surface area contributed by atoms with Crippen LogP contribution >= 0.6 is 11.3 Å². The first kappa shape index (κ1) is 13.9. The molecule has 0 unspecified atom stereocenters. The number of thiazole rings is 1. The maximum absolute atomic E-state index is 11.6. The third-order valence-corrected chi connectivity index (χ3v) is 3.29. The average molecular weight is 257 g/mol. The molecule has 0 aliphatic heterocycles. The molecule has 0 atom stereocenters. The molecular formula is C9H16BN3O3S. The van der Waals surface area contributed by atoms with Crippen LogP contribution in [0.1, 0.15) is 27.2 Å². The van der Waals surface area contributed by atoms with Crippen molar-refractivity contribution < 1.29 is 14.8 Å². The lowest BCUT2D eigenvalue weighted by Crippen LogP contribution is -2.45. The van der Waals surface area contributed by atoms with Crippen LogP contribution in [0.5, 0.6) is 0 Å². The van der Waals surface area contributed by atoms with E-state index < -0.39 is 7.12 Å². The van der Waals surface area contributed by atoms with Gasteiger partial charge in [-0.2, -0.15) is 0 Å². The van der Waals surface area contributed by atoms with Gasteiger partial charge in [0, 0.05) is 11.7 Å². The number of urea groups is 1. The zero-order valence-electron chi connectivity index (χ0n) is 10.0. The highest BCUT2D eigenvalue weighted by Gasteiger charge is 2.19. The predicted molar refractivity (Wildman–Crippen MR) is 68.5 cm³/mol. The third kappa shape index (κ3) is 4.33. The molecule has 0 fully saturated rings. The van der Waals surface area contributed by atoms with Gasteiger partial charge in [0.05, 0.1) is 4.78 Å². The van der Waals surface area contributed by atoms with Gasteiger partial charge in [0.1, 0.15) is 0 Å². The van der Waals surface area contributed by atoms with Gasteiger partial charge in [-0.3, -0.25) is 5.32 Å². The van der Waals surface area contributed by atoms with Crippen molar-refractivity contribution in [2.24, 2.45) is 0 Å². The van der Waals surface area contributed by atoms with Crippen molar-refractivity contribution in [1.82, 2.24) is 10.3 Å². The van der Waals surface area contributed by atoms with Crippen molar-refractivity contribution in [3.63, 3.8) is 0 Å². The summed E-state index contributed by atoms with van der Waals surface area (Å²) in [6.07, 6.45) is 2.12. The summed E-state index contributed by atoms with van der Waals surface area (Å²) in [5, 5.41) is 23.4. The second-order valence-electron chi connectivity index (χ2n) is 4.26. The summed E-state index contributed by atoms with van der Waals surface area (Å²) < 4.78 is 0.287. The van der Waals surface area contributed by atoms with Crippen molar-refractivity contribution in [1.29, 1.82) is 0 Å². The van der Waals surface area contributed by atoms with Crippen LogP contribution in [0, 0.1) is 0 Å². The van der Waals surface area contributed by atoms with Gasteiger partial charge in [-0.25, -0.2) is 9.78 Å². The van der Waals surface area contributed by atoms with Gasteiger partial charge in [-0.15, -0.1) is 11.3 Å². The lowest BCUT2D eigenvalue weighted by molar-refractivity contribution is 0.240. The monoisotopic (exact) mass is 257 g/mol. The maximum Gasteiger partial charge on any atom is 0.500 e. The summed E-state index contributed by atoms with van der Waals surface area (Å²) >= 11 is 1.02. The highest BCUT2D eigenvalue weighted by atomic mass is 32.1. The molecule has 0 saturated heterocycles. The van der Waals surface area contributed by atoms with Gasteiger partial charge < -0.3 is 15.4 Å². The molecule has 2 amide bonds. The fourth-order valence-electron chi connectivity index (χ4n) is 0.988. The van der Waals surface area contributed by atoms with Crippen LogP contribution in [0.2, 0.25) is 0 Å². The van der Waals surface area contributed by atoms with E-state index in [4.69, 9.17) is 10.0 Å². The van der Waals surface area contributed by atoms with Gasteiger partial charge >= 0.3 is 13.1 Å². The minimum Gasteiger partial charge on any atom is -0.423 e. The first-order valence-corrected chi connectivity index (χ1v) is 6.07. The van der Waals surface area contributed by atoms with E-state index in [9.17, 15) is 4.79 Å². The Bertz CT molecular complexity index is 395. The van der Waals surface area contributed by atoms with Crippen molar-refractivity contribution in [3.8, 4) is 0 Å². The number of rotatable bonds is 4. The number of hydrogen-bond donors (Lipinski definition) is 4. The third-order valence-electron chi connectivity index (χ3n) is 2.33. The number of amides is 2. The lowest BCUT2D eigenvalue weighted by Gasteiger charge is -2.24. The number of carbonyl (C=O) groups excluding carboxylic acids is 1. The topological polar surface area (TPSA) is 94.5 Å². The molecule has 17 heavy (non-hydrogen) atoms. The molecule has 1 heterocycles. The smallest absolute Gasteiger partial charge is 0.423 e. The zero-order valence-corrected chi connectivity index (χ0v) is 10.8. The van der Waals surface area contributed by atoms with E-state index in [2.05, 4.69) is 15.6 Å². The Morgan fingerprint density at radius 1 is 1.59 bits per heavy atom. The summed E-state index contributed by atoms with van der Waals surface area (Å²) in [4.78, 5) is 15.4. The maximum atomic E-state index is 11.6. The van der Waals surface area contributed by atoms with Crippen molar-refractivity contribution >= 4 is 34.4 Å². The fraction of sp³-hybridized carbons (Fsp3) is 0.556. The minimum atomic E-state index is -1.56. The van der Waals surface area contributed by atoms with E-state index >= 15 is 0 Å². The molecule has 1 rings (SSSR count). The van der Waals surface area contributed by atoms with E-state index in [1.165, 1.54) is 6.20 Å². The quantitative estimate of drug-likeness (QED) is 0.577. The summed E-state index contributed by atoms with van der Waals surface area (Å²) in [6.45, 7) is 5.80. The van der Waals surface area contributed by atoms with Crippen LogP contribution in [0.25, 0.3) is 0 Å².